The average molecular weight is 534 g/mol. The van der Waals surface area contributed by atoms with Crippen molar-refractivity contribution < 1.29 is 31.1 Å². The first-order chi connectivity index (χ1) is 16.4. The van der Waals surface area contributed by atoms with Crippen molar-refractivity contribution in [3.8, 4) is 5.75 Å². The van der Waals surface area contributed by atoms with E-state index in [4.69, 9.17) is 17.3 Å². The van der Waals surface area contributed by atoms with Gasteiger partial charge in [-0.3, -0.25) is 9.69 Å². The Morgan fingerprint density at radius 3 is 2.63 bits per heavy atom. The van der Waals surface area contributed by atoms with Gasteiger partial charge in [-0.2, -0.15) is 0 Å². The lowest BCUT2D eigenvalue weighted by Gasteiger charge is -2.31. The molecule has 2 aromatic carbocycles. The minimum absolute atomic E-state index is 0.0286. The Hall–Kier alpha value is -2.34. The highest BCUT2D eigenvalue weighted by molar-refractivity contribution is 7.91. The van der Waals surface area contributed by atoms with Crippen molar-refractivity contribution >= 4 is 27.3 Å². The van der Waals surface area contributed by atoms with Crippen LogP contribution in [-0.4, -0.2) is 50.5 Å². The van der Waals surface area contributed by atoms with Crippen LogP contribution in [0.3, 0.4) is 0 Å². The highest BCUT2D eigenvalue weighted by Crippen LogP contribution is 2.29. The molecule has 0 spiro atoms. The first-order valence-electron chi connectivity index (χ1n) is 11.0. The summed E-state index contributed by atoms with van der Waals surface area (Å²) in [5, 5.41) is 2.83. The second-order valence-electron chi connectivity index (χ2n) is 8.35. The number of piperidine rings is 1. The molecule has 0 aliphatic carbocycles. The molecule has 1 fully saturated rings. The van der Waals surface area contributed by atoms with E-state index < -0.39 is 27.9 Å². The van der Waals surface area contributed by atoms with Crippen molar-refractivity contribution in [1.29, 1.82) is 0 Å². The molecule has 1 saturated heterocycles. The van der Waals surface area contributed by atoms with Crippen LogP contribution >= 0.6 is 11.6 Å². The van der Waals surface area contributed by atoms with Crippen LogP contribution in [-0.2, 0) is 22.9 Å². The van der Waals surface area contributed by atoms with Crippen LogP contribution in [0.25, 0.3) is 0 Å². The van der Waals surface area contributed by atoms with E-state index in [2.05, 4.69) is 10.1 Å². The van der Waals surface area contributed by atoms with Crippen molar-refractivity contribution in [2.75, 3.05) is 18.8 Å². The quantitative estimate of drug-likeness (QED) is 0.534. The molecule has 35 heavy (non-hydrogen) atoms. The number of nitrogens with one attached hydrogen (secondary N) is 1. The van der Waals surface area contributed by atoms with Crippen molar-refractivity contribution in [2.45, 2.75) is 50.2 Å². The van der Waals surface area contributed by atoms with Gasteiger partial charge >= 0.3 is 6.36 Å². The van der Waals surface area contributed by atoms with Gasteiger partial charge in [-0.05, 0) is 55.3 Å². The third-order valence-electron chi connectivity index (χ3n) is 5.67. The number of hydrogen-bond acceptors (Lipinski definition) is 6. The Bertz CT molecular complexity index is 1180. The third-order valence-corrected chi connectivity index (χ3v) is 7.73. The number of carbonyl (C=O) groups excluding carboxylic acids is 1. The summed E-state index contributed by atoms with van der Waals surface area (Å²) in [5.74, 6) is -1.30. The topological polar surface area (TPSA) is 102 Å². The van der Waals surface area contributed by atoms with E-state index in [-0.39, 0.29) is 51.5 Å². The number of amides is 1. The van der Waals surface area contributed by atoms with Gasteiger partial charge in [0.2, 0.25) is 0 Å². The zero-order valence-electron chi connectivity index (χ0n) is 19.1. The fraction of sp³-hybridized carbons (Fsp3) is 0.435. The highest BCUT2D eigenvalue weighted by Gasteiger charge is 2.33. The summed E-state index contributed by atoms with van der Waals surface area (Å²) in [5.41, 5.74) is 6.46. The molecule has 192 valence electrons. The van der Waals surface area contributed by atoms with E-state index in [0.29, 0.717) is 13.1 Å². The first kappa shape index (κ1) is 27.3. The van der Waals surface area contributed by atoms with Gasteiger partial charge in [-0.15, -0.1) is 13.2 Å². The second kappa shape index (κ2) is 11.2. The fourth-order valence-electron chi connectivity index (χ4n) is 3.94. The summed E-state index contributed by atoms with van der Waals surface area (Å²) in [4.78, 5) is 14.7. The Labute approximate surface area is 207 Å². The van der Waals surface area contributed by atoms with Gasteiger partial charge < -0.3 is 15.8 Å². The predicted octanol–water partition coefficient (Wildman–Crippen LogP) is 3.89. The van der Waals surface area contributed by atoms with Gasteiger partial charge in [0.25, 0.3) is 5.91 Å². The molecule has 3 N–H and O–H groups in total. The number of hydrogen-bond donors (Lipinski definition) is 2. The van der Waals surface area contributed by atoms with Gasteiger partial charge in [-0.1, -0.05) is 24.6 Å². The summed E-state index contributed by atoms with van der Waals surface area (Å²) in [6, 6.07) is 8.03. The molecule has 1 aliphatic rings. The summed E-state index contributed by atoms with van der Waals surface area (Å²) in [6.07, 6.45) is -3.24. The lowest BCUT2D eigenvalue weighted by atomic mass is 10.0. The van der Waals surface area contributed by atoms with Gasteiger partial charge in [0.15, 0.2) is 9.84 Å². The lowest BCUT2D eigenvalue weighted by molar-refractivity contribution is -0.275. The van der Waals surface area contributed by atoms with E-state index in [1.54, 1.807) is 0 Å². The smallest absolute Gasteiger partial charge is 0.405 e. The maximum Gasteiger partial charge on any atom is 0.573 e. The number of halogens is 4. The number of alkyl halides is 3. The standard InChI is InChI=1S/C23H27ClF3N3O4S/c1-2-35(32,33)21-8-7-18(24)10-17(21)12-29-22(31)15-5-6-16(20(11-15)34-23(25,26)27)13-30-9-3-4-19(28)14-30/h5-8,10-11,19H,2-4,9,12-14,28H2,1H3,(H,29,31)/t19-/m0/s1. The molecule has 7 nitrogen and oxygen atoms in total. The number of rotatable bonds is 8. The molecule has 0 saturated carbocycles. The molecular weight excluding hydrogens is 507 g/mol. The van der Waals surface area contributed by atoms with E-state index in [1.165, 1.54) is 37.3 Å². The van der Waals surface area contributed by atoms with Crippen LogP contribution in [0.1, 0.15) is 41.3 Å². The number of benzene rings is 2. The zero-order valence-corrected chi connectivity index (χ0v) is 20.6. The van der Waals surface area contributed by atoms with Gasteiger partial charge in [0.05, 0.1) is 10.6 Å². The zero-order chi connectivity index (χ0) is 25.8. The van der Waals surface area contributed by atoms with Crippen LogP contribution in [0.15, 0.2) is 41.3 Å². The van der Waals surface area contributed by atoms with E-state index in [0.717, 1.165) is 18.9 Å². The first-order valence-corrected chi connectivity index (χ1v) is 13.1. The maximum atomic E-state index is 13.1. The van der Waals surface area contributed by atoms with Crippen LogP contribution < -0.4 is 15.8 Å². The molecule has 0 aromatic heterocycles. The Morgan fingerprint density at radius 2 is 1.97 bits per heavy atom. The highest BCUT2D eigenvalue weighted by atomic mass is 35.5. The molecule has 1 aliphatic heterocycles. The SMILES string of the molecule is CCS(=O)(=O)c1ccc(Cl)cc1CNC(=O)c1ccc(CN2CCC[C@H](N)C2)c(OC(F)(F)F)c1. The van der Waals surface area contributed by atoms with Crippen LogP contribution in [0, 0.1) is 0 Å². The molecule has 1 heterocycles. The van der Waals surface area contributed by atoms with Crippen molar-refractivity contribution in [3.05, 3.63) is 58.1 Å². The molecule has 3 rings (SSSR count). The second-order valence-corrected chi connectivity index (χ2v) is 11.0. The molecule has 12 heteroatoms. The van der Waals surface area contributed by atoms with E-state index in [1.807, 2.05) is 4.90 Å². The van der Waals surface area contributed by atoms with Gasteiger partial charge in [0, 0.05) is 41.8 Å². The summed E-state index contributed by atoms with van der Waals surface area (Å²) < 4.78 is 68.1. The van der Waals surface area contributed by atoms with Gasteiger partial charge in [-0.25, -0.2) is 8.42 Å². The monoisotopic (exact) mass is 533 g/mol. The Morgan fingerprint density at radius 1 is 1.23 bits per heavy atom. The summed E-state index contributed by atoms with van der Waals surface area (Å²) in [7, 11) is -3.58. The molecule has 0 bridgehead atoms. The van der Waals surface area contributed by atoms with Crippen LogP contribution in [0.2, 0.25) is 5.02 Å². The minimum Gasteiger partial charge on any atom is -0.405 e. The van der Waals surface area contributed by atoms with E-state index >= 15 is 0 Å². The number of nitrogens with zero attached hydrogens (tertiary/aromatic N) is 1. The average Bonchev–Trinajstić information content (AvgIpc) is 2.77. The van der Waals surface area contributed by atoms with Gasteiger partial charge in [0.1, 0.15) is 5.75 Å². The van der Waals surface area contributed by atoms with Crippen molar-refractivity contribution in [1.82, 2.24) is 10.2 Å². The van der Waals surface area contributed by atoms with Crippen LogP contribution in [0.5, 0.6) is 5.75 Å². The van der Waals surface area contributed by atoms with E-state index in [9.17, 15) is 26.4 Å². The number of likely N-dealkylation sites (tertiary alicyclic amines) is 1. The molecule has 1 atom stereocenters. The minimum atomic E-state index is -4.94. The van der Waals surface area contributed by atoms with Crippen LogP contribution in [0.4, 0.5) is 13.2 Å². The summed E-state index contributed by atoms with van der Waals surface area (Å²) in [6.45, 7) is 2.76. The number of sulfone groups is 1. The largest absolute Gasteiger partial charge is 0.573 e. The number of nitrogens with two attached hydrogens (primary N) is 1. The molecule has 2 aromatic rings. The molecular formula is C23H27ClF3N3O4S. The Balaban J connectivity index is 1.81. The lowest BCUT2D eigenvalue weighted by Crippen LogP contribution is -2.42. The maximum absolute atomic E-state index is 13.1. The Kier molecular flexibility index (Phi) is 8.68. The normalized spacial score (nSPS) is 17.3. The molecule has 0 unspecified atom stereocenters. The molecule has 1 amide bonds. The van der Waals surface area contributed by atoms with Crippen molar-refractivity contribution in [2.24, 2.45) is 5.73 Å². The van der Waals surface area contributed by atoms with Crippen molar-refractivity contribution in [3.63, 3.8) is 0 Å². The summed E-state index contributed by atoms with van der Waals surface area (Å²) >= 11 is 5.99. The molecule has 0 radical (unpaired) electrons. The number of carbonyl (C=O) groups is 1. The predicted molar refractivity (Wildman–Crippen MR) is 126 cm³/mol. The third kappa shape index (κ3) is 7.57. The fourth-order valence-corrected chi connectivity index (χ4v) is 5.26. The number of ether oxygens (including phenoxy) is 1.